The standard InChI is InChI=1S/C26H27ClN2O3/c1-2-32-22(18-29-26(31)23-10-6-7-11-24(23)27)16-17-28-25(30)21-14-12-20(13-15-21)19-8-4-3-5-9-19/h3-15,22H,2,16-18H2,1H3,(H,28,30)(H,29,31). The lowest BCUT2D eigenvalue weighted by Gasteiger charge is -2.18. The zero-order chi connectivity index (χ0) is 22.8. The molecule has 32 heavy (non-hydrogen) atoms. The van der Waals surface area contributed by atoms with E-state index >= 15 is 0 Å². The van der Waals surface area contributed by atoms with Crippen LogP contribution in [0.1, 0.15) is 34.1 Å². The van der Waals surface area contributed by atoms with E-state index < -0.39 is 0 Å². The molecule has 3 aromatic rings. The second-order valence-corrected chi connectivity index (χ2v) is 7.66. The van der Waals surface area contributed by atoms with Crippen molar-refractivity contribution >= 4 is 23.4 Å². The summed E-state index contributed by atoms with van der Waals surface area (Å²) in [7, 11) is 0. The van der Waals surface area contributed by atoms with Gasteiger partial charge in [0, 0.05) is 25.3 Å². The van der Waals surface area contributed by atoms with Gasteiger partial charge in [-0.3, -0.25) is 9.59 Å². The van der Waals surface area contributed by atoms with Gasteiger partial charge in [0.2, 0.25) is 0 Å². The molecule has 0 saturated carbocycles. The molecule has 166 valence electrons. The largest absolute Gasteiger partial charge is 0.377 e. The summed E-state index contributed by atoms with van der Waals surface area (Å²) in [4.78, 5) is 24.8. The van der Waals surface area contributed by atoms with Crippen molar-refractivity contribution < 1.29 is 14.3 Å². The van der Waals surface area contributed by atoms with E-state index in [2.05, 4.69) is 10.6 Å². The zero-order valence-corrected chi connectivity index (χ0v) is 18.8. The number of carbonyl (C=O) groups is 2. The molecule has 3 rings (SSSR count). The number of rotatable bonds is 10. The van der Waals surface area contributed by atoms with Gasteiger partial charge in [-0.25, -0.2) is 0 Å². The smallest absolute Gasteiger partial charge is 0.252 e. The minimum Gasteiger partial charge on any atom is -0.377 e. The number of carbonyl (C=O) groups excluding carboxylic acids is 2. The molecular formula is C26H27ClN2O3. The maximum absolute atomic E-state index is 12.5. The molecule has 2 amide bonds. The van der Waals surface area contributed by atoms with E-state index in [1.165, 1.54) is 0 Å². The van der Waals surface area contributed by atoms with Crippen molar-refractivity contribution in [3.8, 4) is 11.1 Å². The fourth-order valence-electron chi connectivity index (χ4n) is 3.32. The lowest BCUT2D eigenvalue weighted by Crippen LogP contribution is -2.36. The Morgan fingerprint density at radius 1 is 0.844 bits per heavy atom. The van der Waals surface area contributed by atoms with Crippen molar-refractivity contribution in [3.05, 3.63) is 95.0 Å². The number of halogens is 1. The second-order valence-electron chi connectivity index (χ2n) is 7.26. The molecule has 2 N–H and O–H groups in total. The van der Waals surface area contributed by atoms with Gasteiger partial charge in [0.1, 0.15) is 0 Å². The molecule has 0 aromatic heterocycles. The van der Waals surface area contributed by atoms with E-state index in [1.54, 1.807) is 24.3 Å². The van der Waals surface area contributed by atoms with Crippen LogP contribution in [0.4, 0.5) is 0 Å². The van der Waals surface area contributed by atoms with Crippen molar-refractivity contribution in [1.29, 1.82) is 0 Å². The Hall–Kier alpha value is -3.15. The topological polar surface area (TPSA) is 67.4 Å². The third-order valence-electron chi connectivity index (χ3n) is 5.02. The first-order valence-corrected chi connectivity index (χ1v) is 11.0. The first-order chi connectivity index (χ1) is 15.6. The summed E-state index contributed by atoms with van der Waals surface area (Å²) in [5.74, 6) is -0.386. The van der Waals surface area contributed by atoms with Gasteiger partial charge in [0.25, 0.3) is 11.8 Å². The highest BCUT2D eigenvalue weighted by Gasteiger charge is 2.14. The van der Waals surface area contributed by atoms with E-state index in [9.17, 15) is 9.59 Å². The molecule has 0 aliphatic rings. The summed E-state index contributed by atoms with van der Waals surface area (Å²) in [6, 6.07) is 24.4. The van der Waals surface area contributed by atoms with Crippen LogP contribution in [0.3, 0.4) is 0 Å². The van der Waals surface area contributed by atoms with Crippen LogP contribution < -0.4 is 10.6 Å². The van der Waals surface area contributed by atoms with Crippen molar-refractivity contribution in [2.75, 3.05) is 19.7 Å². The molecular weight excluding hydrogens is 424 g/mol. The summed E-state index contributed by atoms with van der Waals surface area (Å²) < 4.78 is 5.71. The van der Waals surface area contributed by atoms with Crippen molar-refractivity contribution in [2.45, 2.75) is 19.4 Å². The number of nitrogens with one attached hydrogen (secondary N) is 2. The molecule has 0 aliphatic carbocycles. The van der Waals surface area contributed by atoms with Crippen LogP contribution in [0.15, 0.2) is 78.9 Å². The van der Waals surface area contributed by atoms with Crippen molar-refractivity contribution in [3.63, 3.8) is 0 Å². The highest BCUT2D eigenvalue weighted by Crippen LogP contribution is 2.19. The monoisotopic (exact) mass is 450 g/mol. The Balaban J connectivity index is 1.48. The lowest BCUT2D eigenvalue weighted by atomic mass is 10.0. The third kappa shape index (κ3) is 6.67. The molecule has 5 nitrogen and oxygen atoms in total. The Labute approximate surface area is 193 Å². The fraction of sp³-hybridized carbons (Fsp3) is 0.231. The first kappa shape index (κ1) is 23.5. The van der Waals surface area contributed by atoms with Crippen molar-refractivity contribution in [2.24, 2.45) is 0 Å². The predicted octanol–water partition coefficient (Wildman–Crippen LogP) is 4.96. The highest BCUT2D eigenvalue weighted by atomic mass is 35.5. The molecule has 1 unspecified atom stereocenters. The van der Waals surface area contributed by atoms with Crippen LogP contribution >= 0.6 is 11.6 Å². The number of amides is 2. The average Bonchev–Trinajstić information content (AvgIpc) is 2.83. The summed E-state index contributed by atoms with van der Waals surface area (Å²) in [6.45, 7) is 3.18. The minimum absolute atomic E-state index is 0.139. The summed E-state index contributed by atoms with van der Waals surface area (Å²) in [5.41, 5.74) is 3.20. The molecule has 6 heteroatoms. The normalized spacial score (nSPS) is 11.6. The average molecular weight is 451 g/mol. The Morgan fingerprint density at radius 2 is 1.50 bits per heavy atom. The van der Waals surface area contributed by atoms with Gasteiger partial charge in [-0.2, -0.15) is 0 Å². The highest BCUT2D eigenvalue weighted by molar-refractivity contribution is 6.33. The third-order valence-corrected chi connectivity index (χ3v) is 5.35. The molecule has 0 bridgehead atoms. The second kappa shape index (κ2) is 12.0. The van der Waals surface area contributed by atoms with Gasteiger partial charge in [0.05, 0.1) is 16.7 Å². The summed E-state index contributed by atoms with van der Waals surface area (Å²) >= 11 is 6.08. The van der Waals surface area contributed by atoms with Crippen LogP contribution in [0.25, 0.3) is 11.1 Å². The van der Waals surface area contributed by atoms with Crippen molar-refractivity contribution in [1.82, 2.24) is 10.6 Å². The van der Waals surface area contributed by atoms with Gasteiger partial charge in [0.15, 0.2) is 0 Å². The molecule has 0 fully saturated rings. The van der Waals surface area contributed by atoms with E-state index in [0.717, 1.165) is 11.1 Å². The maximum Gasteiger partial charge on any atom is 0.252 e. The lowest BCUT2D eigenvalue weighted by molar-refractivity contribution is 0.0534. The van der Waals surface area contributed by atoms with Crippen LogP contribution in [0.2, 0.25) is 5.02 Å². The quantitative estimate of drug-likeness (QED) is 0.458. The van der Waals surface area contributed by atoms with Gasteiger partial charge in [-0.15, -0.1) is 0 Å². The Kier molecular flexibility index (Phi) is 8.84. The predicted molar refractivity (Wildman–Crippen MR) is 128 cm³/mol. The minimum atomic E-state index is -0.247. The van der Waals surface area contributed by atoms with E-state index in [1.807, 2.05) is 61.5 Å². The zero-order valence-electron chi connectivity index (χ0n) is 18.0. The van der Waals surface area contributed by atoms with E-state index in [4.69, 9.17) is 16.3 Å². The van der Waals surface area contributed by atoms with Gasteiger partial charge < -0.3 is 15.4 Å². The number of hydrogen-bond donors (Lipinski definition) is 2. The first-order valence-electron chi connectivity index (χ1n) is 10.7. The van der Waals surface area contributed by atoms with Gasteiger partial charge >= 0.3 is 0 Å². The summed E-state index contributed by atoms with van der Waals surface area (Å²) in [6.07, 6.45) is 0.358. The number of benzene rings is 3. The van der Waals surface area contributed by atoms with E-state index in [0.29, 0.717) is 42.3 Å². The summed E-state index contributed by atoms with van der Waals surface area (Å²) in [5, 5.41) is 6.18. The van der Waals surface area contributed by atoms with E-state index in [-0.39, 0.29) is 17.9 Å². The molecule has 0 saturated heterocycles. The number of hydrogen-bond acceptors (Lipinski definition) is 3. The molecule has 3 aromatic carbocycles. The van der Waals surface area contributed by atoms with Crippen LogP contribution in [-0.4, -0.2) is 37.6 Å². The van der Waals surface area contributed by atoms with Gasteiger partial charge in [-0.05, 0) is 48.7 Å². The van der Waals surface area contributed by atoms with Crippen LogP contribution in [0, 0.1) is 0 Å². The number of ether oxygens (including phenoxy) is 1. The molecule has 1 atom stereocenters. The van der Waals surface area contributed by atoms with Crippen LogP contribution in [0.5, 0.6) is 0 Å². The van der Waals surface area contributed by atoms with Crippen LogP contribution in [-0.2, 0) is 4.74 Å². The maximum atomic E-state index is 12.5. The molecule has 0 heterocycles. The molecule has 0 radical (unpaired) electrons. The fourth-order valence-corrected chi connectivity index (χ4v) is 3.54. The SMILES string of the molecule is CCOC(CCNC(=O)c1ccc(-c2ccccc2)cc1)CNC(=O)c1ccccc1Cl. The van der Waals surface area contributed by atoms with Gasteiger partial charge in [-0.1, -0.05) is 66.2 Å². The Morgan fingerprint density at radius 3 is 2.19 bits per heavy atom. The molecule has 0 spiro atoms. The Bertz CT molecular complexity index is 1020. The molecule has 0 aliphatic heterocycles.